The van der Waals surface area contributed by atoms with Crippen molar-refractivity contribution in [2.45, 2.75) is 6.54 Å². The van der Waals surface area contributed by atoms with Gasteiger partial charge in [0.1, 0.15) is 11.5 Å². The van der Waals surface area contributed by atoms with Crippen LogP contribution in [0.3, 0.4) is 0 Å². The molecule has 0 aliphatic heterocycles. The fourth-order valence-corrected chi connectivity index (χ4v) is 3.10. The molecule has 0 aliphatic carbocycles. The van der Waals surface area contributed by atoms with E-state index in [9.17, 15) is 0 Å². The number of furan rings is 1. The lowest BCUT2D eigenvalue weighted by Gasteiger charge is -2.08. The molecule has 3 rings (SSSR count). The van der Waals surface area contributed by atoms with E-state index < -0.39 is 0 Å². The first-order chi connectivity index (χ1) is 9.78. The highest BCUT2D eigenvalue weighted by molar-refractivity contribution is 7.73. The molecule has 3 aromatic rings. The average Bonchev–Trinajstić information content (AvgIpc) is 3.11. The van der Waals surface area contributed by atoms with Gasteiger partial charge in [0.05, 0.1) is 25.6 Å². The molecule has 0 saturated heterocycles. The Kier molecular flexibility index (Phi) is 3.71. The van der Waals surface area contributed by atoms with Gasteiger partial charge in [-0.3, -0.25) is 0 Å². The fraction of sp³-hybridized carbons (Fsp3) is 0.133. The van der Waals surface area contributed by atoms with Crippen LogP contribution in [0.15, 0.2) is 52.5 Å². The summed E-state index contributed by atoms with van der Waals surface area (Å²) < 4.78 is 13.5. The van der Waals surface area contributed by atoms with Crippen molar-refractivity contribution in [2.24, 2.45) is 0 Å². The zero-order chi connectivity index (χ0) is 13.9. The highest BCUT2D eigenvalue weighted by Gasteiger charge is 2.09. The largest absolute Gasteiger partial charge is 0.497 e. The van der Waals surface area contributed by atoms with Crippen LogP contribution in [-0.2, 0) is 6.54 Å². The van der Waals surface area contributed by atoms with Gasteiger partial charge in [-0.1, -0.05) is 0 Å². The van der Waals surface area contributed by atoms with Gasteiger partial charge in [-0.25, -0.2) is 0 Å². The molecule has 102 valence electrons. The van der Waals surface area contributed by atoms with E-state index in [-0.39, 0.29) is 0 Å². The number of methoxy groups -OCH3 is 1. The number of hydrogen-bond acceptors (Lipinski definition) is 4. The molecule has 0 aliphatic rings. The predicted molar refractivity (Wildman–Crippen MR) is 82.9 cm³/mol. The molecule has 3 nitrogen and oxygen atoms in total. The first-order valence-corrected chi connectivity index (χ1v) is 7.42. The zero-order valence-electron chi connectivity index (χ0n) is 10.9. The molecule has 0 spiro atoms. The lowest BCUT2D eigenvalue weighted by molar-refractivity contribution is 0.415. The topological polar surface area (TPSA) is 27.3 Å². The van der Waals surface area contributed by atoms with E-state index in [4.69, 9.17) is 21.4 Å². The summed E-state index contributed by atoms with van der Waals surface area (Å²) in [5.74, 6) is 1.74. The van der Waals surface area contributed by atoms with Gasteiger partial charge in [-0.05, 0) is 54.2 Å². The molecule has 5 heteroatoms. The minimum absolute atomic E-state index is 0.649. The first kappa shape index (κ1) is 13.1. The molecule has 0 atom stereocenters. The molecule has 2 aromatic heterocycles. The maximum Gasteiger partial charge on any atom is 0.161 e. The van der Waals surface area contributed by atoms with Crippen molar-refractivity contribution >= 4 is 23.6 Å². The van der Waals surface area contributed by atoms with Crippen molar-refractivity contribution in [2.75, 3.05) is 7.11 Å². The van der Waals surface area contributed by atoms with Gasteiger partial charge < -0.3 is 13.7 Å². The van der Waals surface area contributed by atoms with Crippen molar-refractivity contribution < 1.29 is 9.15 Å². The van der Waals surface area contributed by atoms with Crippen molar-refractivity contribution in [1.29, 1.82) is 0 Å². The second-order valence-corrected chi connectivity index (χ2v) is 5.78. The summed E-state index contributed by atoms with van der Waals surface area (Å²) in [4.78, 5) is 0. The Bertz CT molecular complexity index is 739. The summed E-state index contributed by atoms with van der Waals surface area (Å²) in [5.41, 5.74) is 2.21. The number of thiazole rings is 1. The third-order valence-corrected chi connectivity index (χ3v) is 4.33. The van der Waals surface area contributed by atoms with Gasteiger partial charge in [-0.2, -0.15) is 0 Å². The number of nitrogens with zero attached hydrogens (tertiary/aromatic N) is 1. The summed E-state index contributed by atoms with van der Waals surface area (Å²) in [6, 6.07) is 11.8. The van der Waals surface area contributed by atoms with Crippen LogP contribution in [-0.4, -0.2) is 11.7 Å². The molecule has 0 fully saturated rings. The molecule has 1 aromatic carbocycles. The minimum Gasteiger partial charge on any atom is -0.497 e. The Morgan fingerprint density at radius 3 is 2.70 bits per heavy atom. The normalized spacial score (nSPS) is 10.7. The van der Waals surface area contributed by atoms with Gasteiger partial charge in [0.25, 0.3) is 0 Å². The average molecular weight is 303 g/mol. The molecule has 0 unspecified atom stereocenters. The Hall–Kier alpha value is -1.85. The van der Waals surface area contributed by atoms with E-state index in [0.717, 1.165) is 26.7 Å². The summed E-state index contributed by atoms with van der Waals surface area (Å²) in [6.45, 7) is 0.649. The van der Waals surface area contributed by atoms with Crippen LogP contribution in [0, 0.1) is 3.95 Å². The highest BCUT2D eigenvalue weighted by atomic mass is 32.1. The third-order valence-electron chi connectivity index (χ3n) is 3.06. The van der Waals surface area contributed by atoms with Gasteiger partial charge in [0, 0.05) is 5.38 Å². The van der Waals surface area contributed by atoms with E-state index in [2.05, 4.69) is 9.95 Å². The van der Waals surface area contributed by atoms with E-state index >= 15 is 0 Å². The molecule has 20 heavy (non-hydrogen) atoms. The monoisotopic (exact) mass is 303 g/mol. The Morgan fingerprint density at radius 1 is 1.25 bits per heavy atom. The molecule has 0 amide bonds. The Labute approximate surface area is 126 Å². The van der Waals surface area contributed by atoms with Crippen molar-refractivity contribution in [1.82, 2.24) is 4.57 Å². The SMILES string of the molecule is COc1ccc(-c2csc(=S)n2Cc2ccco2)cc1. The van der Waals surface area contributed by atoms with Crippen LogP contribution < -0.4 is 4.74 Å². The molecule has 0 saturated carbocycles. The summed E-state index contributed by atoms with van der Waals surface area (Å²) in [6.07, 6.45) is 1.68. The molecule has 0 N–H and O–H groups in total. The lowest BCUT2D eigenvalue weighted by atomic mass is 10.1. The quantitative estimate of drug-likeness (QED) is 0.659. The molecular weight excluding hydrogens is 290 g/mol. The number of hydrogen-bond donors (Lipinski definition) is 0. The van der Waals surface area contributed by atoms with Crippen molar-refractivity contribution in [3.8, 4) is 17.0 Å². The minimum atomic E-state index is 0.649. The number of ether oxygens (including phenoxy) is 1. The highest BCUT2D eigenvalue weighted by Crippen LogP contribution is 2.26. The lowest BCUT2D eigenvalue weighted by Crippen LogP contribution is -2.00. The van der Waals surface area contributed by atoms with E-state index in [1.54, 1.807) is 24.7 Å². The molecule has 2 heterocycles. The van der Waals surface area contributed by atoms with Gasteiger partial charge in [0.2, 0.25) is 0 Å². The second-order valence-electron chi connectivity index (χ2n) is 4.28. The number of benzene rings is 1. The van der Waals surface area contributed by atoms with Gasteiger partial charge in [-0.15, -0.1) is 11.3 Å². The maximum absolute atomic E-state index is 5.41. The molecule has 0 radical (unpaired) electrons. The molecular formula is C15H13NO2S2. The number of aromatic nitrogens is 1. The van der Waals surface area contributed by atoms with Crippen LogP contribution in [0.25, 0.3) is 11.3 Å². The smallest absolute Gasteiger partial charge is 0.161 e. The van der Waals surface area contributed by atoms with E-state index in [0.29, 0.717) is 6.54 Å². The van der Waals surface area contributed by atoms with E-state index in [1.165, 1.54) is 0 Å². The van der Waals surface area contributed by atoms with E-state index in [1.807, 2.05) is 36.4 Å². The van der Waals surface area contributed by atoms with Crippen LogP contribution >= 0.6 is 23.6 Å². The summed E-state index contributed by atoms with van der Waals surface area (Å²) in [5, 5.41) is 2.08. The zero-order valence-corrected chi connectivity index (χ0v) is 12.5. The third kappa shape index (κ3) is 2.55. The summed E-state index contributed by atoms with van der Waals surface area (Å²) in [7, 11) is 1.66. The second kappa shape index (κ2) is 5.64. The Morgan fingerprint density at radius 2 is 2.05 bits per heavy atom. The van der Waals surface area contributed by atoms with Crippen LogP contribution in [0.4, 0.5) is 0 Å². The van der Waals surface area contributed by atoms with Crippen molar-refractivity contribution in [3.05, 3.63) is 57.8 Å². The number of rotatable bonds is 4. The van der Waals surface area contributed by atoms with Crippen LogP contribution in [0.2, 0.25) is 0 Å². The summed E-state index contributed by atoms with van der Waals surface area (Å²) >= 11 is 6.97. The van der Waals surface area contributed by atoms with Crippen LogP contribution in [0.1, 0.15) is 5.76 Å². The predicted octanol–water partition coefficient (Wildman–Crippen LogP) is 4.60. The Balaban J connectivity index is 1.99. The van der Waals surface area contributed by atoms with Gasteiger partial charge in [0.15, 0.2) is 3.95 Å². The van der Waals surface area contributed by atoms with Gasteiger partial charge >= 0.3 is 0 Å². The standard InChI is InChI=1S/C15H13NO2S2/c1-17-12-6-4-11(5-7-12)14-10-20-15(19)16(14)9-13-3-2-8-18-13/h2-8,10H,9H2,1H3. The first-order valence-electron chi connectivity index (χ1n) is 6.13. The molecule has 0 bridgehead atoms. The van der Waals surface area contributed by atoms with Crippen LogP contribution in [0.5, 0.6) is 5.75 Å². The fourth-order valence-electron chi connectivity index (χ4n) is 2.03. The maximum atomic E-state index is 5.41. The van der Waals surface area contributed by atoms with Crippen molar-refractivity contribution in [3.63, 3.8) is 0 Å².